The molecule has 20 heavy (non-hydrogen) atoms. The molecule has 0 aliphatic carbocycles. The summed E-state index contributed by atoms with van der Waals surface area (Å²) in [5.41, 5.74) is -1.11. The first-order chi connectivity index (χ1) is 9.18. The van der Waals surface area contributed by atoms with Gasteiger partial charge in [-0.15, -0.1) is 4.59 Å². The number of thioether (sulfide) groups is 1. The van der Waals surface area contributed by atoms with Crippen molar-refractivity contribution in [2.45, 2.75) is 31.6 Å². The van der Waals surface area contributed by atoms with Gasteiger partial charge in [0, 0.05) is 23.9 Å². The van der Waals surface area contributed by atoms with Gasteiger partial charge in [-0.05, 0) is 26.0 Å². The molecule has 0 amide bonds. The van der Waals surface area contributed by atoms with Gasteiger partial charge in [0.2, 0.25) is 5.04 Å². The Kier molecular flexibility index (Phi) is 3.83. The van der Waals surface area contributed by atoms with Crippen molar-refractivity contribution in [2.75, 3.05) is 0 Å². The van der Waals surface area contributed by atoms with E-state index in [-0.39, 0.29) is 11.8 Å². The number of halogens is 4. The van der Waals surface area contributed by atoms with Crippen LogP contribution in [0.3, 0.4) is 0 Å². The van der Waals surface area contributed by atoms with Crippen LogP contribution in [0.15, 0.2) is 29.4 Å². The third kappa shape index (κ3) is 2.43. The largest absolute Gasteiger partial charge is 0.445 e. The van der Waals surface area contributed by atoms with E-state index in [2.05, 4.69) is 5.10 Å². The van der Waals surface area contributed by atoms with Gasteiger partial charge < -0.3 is 5.11 Å². The number of alkyl halides is 3. The van der Waals surface area contributed by atoms with E-state index in [0.29, 0.717) is 5.69 Å². The van der Waals surface area contributed by atoms with Crippen LogP contribution >= 0.6 is 11.8 Å². The number of aliphatic hydroxyl groups is 1. The van der Waals surface area contributed by atoms with Crippen molar-refractivity contribution in [3.63, 3.8) is 0 Å². The summed E-state index contributed by atoms with van der Waals surface area (Å²) in [6.07, 6.45) is -4.61. The standard InChI is InChI=1S/C12H13F4N2OS/c1-7(2)18(9-5-3-8(13)4-6-9)11(19)20-10(17-18)12(14,15)16/h3-7,11,19H,1-2H3/q+1. The van der Waals surface area contributed by atoms with Crippen molar-refractivity contribution < 1.29 is 22.7 Å². The molecule has 0 saturated heterocycles. The minimum absolute atomic E-state index is 0.266. The van der Waals surface area contributed by atoms with Gasteiger partial charge in [0.15, 0.2) is 5.69 Å². The van der Waals surface area contributed by atoms with Gasteiger partial charge in [0.25, 0.3) is 5.56 Å². The summed E-state index contributed by atoms with van der Waals surface area (Å²) < 4.78 is 50.7. The van der Waals surface area contributed by atoms with Gasteiger partial charge in [-0.1, -0.05) is 5.10 Å². The first kappa shape index (κ1) is 15.3. The molecule has 1 aliphatic heterocycles. The van der Waals surface area contributed by atoms with Gasteiger partial charge in [0.05, 0.1) is 0 Å². The van der Waals surface area contributed by atoms with E-state index < -0.39 is 33.2 Å². The van der Waals surface area contributed by atoms with Crippen molar-refractivity contribution >= 4 is 22.5 Å². The van der Waals surface area contributed by atoms with Crippen molar-refractivity contribution in [1.82, 2.24) is 4.59 Å². The molecule has 2 atom stereocenters. The first-order valence-electron chi connectivity index (χ1n) is 5.84. The van der Waals surface area contributed by atoms with Crippen LogP contribution in [0.2, 0.25) is 0 Å². The predicted octanol–water partition coefficient (Wildman–Crippen LogP) is 3.44. The minimum Gasteiger partial charge on any atom is -0.334 e. The lowest BCUT2D eigenvalue weighted by Gasteiger charge is -2.34. The molecule has 1 aromatic rings. The van der Waals surface area contributed by atoms with Crippen molar-refractivity contribution in [3.8, 4) is 0 Å². The zero-order valence-electron chi connectivity index (χ0n) is 10.7. The molecule has 1 heterocycles. The van der Waals surface area contributed by atoms with Crippen LogP contribution in [-0.4, -0.2) is 27.9 Å². The number of hydrogen-bond acceptors (Lipinski definition) is 3. The van der Waals surface area contributed by atoms with Crippen LogP contribution in [0, 0.1) is 5.82 Å². The fraction of sp³-hybridized carbons (Fsp3) is 0.417. The lowest BCUT2D eigenvalue weighted by Crippen LogP contribution is -2.53. The second-order valence-corrected chi connectivity index (χ2v) is 5.70. The van der Waals surface area contributed by atoms with E-state index in [9.17, 15) is 22.7 Å². The third-order valence-electron chi connectivity index (χ3n) is 3.08. The van der Waals surface area contributed by atoms with Crippen LogP contribution in [0.5, 0.6) is 0 Å². The van der Waals surface area contributed by atoms with Crippen molar-refractivity contribution in [3.05, 3.63) is 30.1 Å². The number of quaternary nitrogens is 1. The summed E-state index contributed by atoms with van der Waals surface area (Å²) in [7, 11) is 0. The van der Waals surface area contributed by atoms with Gasteiger partial charge in [-0.2, -0.15) is 13.2 Å². The SMILES string of the molecule is CC(C)[N+]1(c2ccc(F)cc2)N=C(C(F)(F)F)SC1O. The van der Waals surface area contributed by atoms with E-state index in [0.717, 1.165) is 12.1 Å². The van der Waals surface area contributed by atoms with Gasteiger partial charge in [-0.25, -0.2) is 4.39 Å². The molecule has 0 spiro atoms. The summed E-state index contributed by atoms with van der Waals surface area (Å²) in [6.45, 7) is 3.30. The summed E-state index contributed by atoms with van der Waals surface area (Å²) in [6, 6.07) is 4.50. The van der Waals surface area contributed by atoms with Crippen LogP contribution in [0.25, 0.3) is 0 Å². The quantitative estimate of drug-likeness (QED) is 0.670. The average Bonchev–Trinajstić information content (AvgIpc) is 2.69. The second-order valence-electron chi connectivity index (χ2n) is 4.66. The minimum atomic E-state index is -4.61. The fourth-order valence-electron chi connectivity index (χ4n) is 2.06. The van der Waals surface area contributed by atoms with Gasteiger partial charge in [0.1, 0.15) is 11.9 Å². The molecule has 3 nitrogen and oxygen atoms in total. The van der Waals surface area contributed by atoms with Crippen LogP contribution in [0.4, 0.5) is 23.2 Å². The van der Waals surface area contributed by atoms with Crippen LogP contribution < -0.4 is 4.59 Å². The summed E-state index contributed by atoms with van der Waals surface area (Å²) in [4.78, 5) is 0. The number of benzene rings is 1. The molecule has 0 radical (unpaired) electrons. The Hall–Kier alpha value is -1.12. The average molecular weight is 309 g/mol. The van der Waals surface area contributed by atoms with E-state index in [1.165, 1.54) is 12.1 Å². The smallest absolute Gasteiger partial charge is 0.334 e. The molecular weight excluding hydrogens is 296 g/mol. The lowest BCUT2D eigenvalue weighted by molar-refractivity contribution is -0.0565. The molecular formula is C12H13F4N2OS+. The maximum Gasteiger partial charge on any atom is 0.445 e. The highest BCUT2D eigenvalue weighted by Gasteiger charge is 2.55. The third-order valence-corrected chi connectivity index (χ3v) is 4.15. The first-order valence-corrected chi connectivity index (χ1v) is 6.72. The summed E-state index contributed by atoms with van der Waals surface area (Å²) >= 11 is 0.266. The zero-order chi connectivity index (χ0) is 15.1. The summed E-state index contributed by atoms with van der Waals surface area (Å²) in [5, 5.41) is 12.7. The molecule has 1 N–H and O–H groups in total. The molecule has 0 aromatic heterocycles. The normalized spacial score (nSPS) is 27.0. The van der Waals surface area contributed by atoms with E-state index in [1.807, 2.05) is 0 Å². The van der Waals surface area contributed by atoms with E-state index in [1.54, 1.807) is 13.8 Å². The molecule has 0 bridgehead atoms. The molecule has 1 aromatic carbocycles. The number of aliphatic hydroxyl groups excluding tert-OH is 1. The molecule has 110 valence electrons. The van der Waals surface area contributed by atoms with E-state index >= 15 is 0 Å². The Labute approximate surface area is 117 Å². The highest BCUT2D eigenvalue weighted by molar-refractivity contribution is 8.14. The zero-order valence-corrected chi connectivity index (χ0v) is 11.5. The monoisotopic (exact) mass is 309 g/mol. The molecule has 8 heteroatoms. The van der Waals surface area contributed by atoms with E-state index in [4.69, 9.17) is 0 Å². The Morgan fingerprint density at radius 2 is 1.80 bits per heavy atom. The molecule has 0 fully saturated rings. The highest BCUT2D eigenvalue weighted by atomic mass is 32.2. The highest BCUT2D eigenvalue weighted by Crippen LogP contribution is 2.44. The van der Waals surface area contributed by atoms with Crippen molar-refractivity contribution in [1.29, 1.82) is 0 Å². The van der Waals surface area contributed by atoms with Crippen LogP contribution in [-0.2, 0) is 0 Å². The predicted molar refractivity (Wildman–Crippen MR) is 70.4 cm³/mol. The maximum absolute atomic E-state index is 13.0. The number of rotatable bonds is 2. The fourth-order valence-corrected chi connectivity index (χ4v) is 3.15. The Morgan fingerprint density at radius 3 is 2.20 bits per heavy atom. The molecule has 2 rings (SSSR count). The maximum atomic E-state index is 13.0. The Morgan fingerprint density at radius 1 is 1.25 bits per heavy atom. The Balaban J connectivity index is 2.56. The second kappa shape index (κ2) is 5.01. The molecule has 0 saturated carbocycles. The van der Waals surface area contributed by atoms with Gasteiger partial charge >= 0.3 is 6.18 Å². The molecule has 1 aliphatic rings. The Bertz CT molecular complexity index is 529. The number of nitrogens with zero attached hydrogens (tertiary/aromatic N) is 2. The number of hydrogen-bond donors (Lipinski definition) is 1. The topological polar surface area (TPSA) is 32.6 Å². The van der Waals surface area contributed by atoms with Crippen molar-refractivity contribution in [2.24, 2.45) is 5.10 Å². The van der Waals surface area contributed by atoms with Gasteiger partial charge in [-0.3, -0.25) is 0 Å². The molecule has 2 unspecified atom stereocenters. The van der Waals surface area contributed by atoms with Crippen LogP contribution in [0.1, 0.15) is 13.8 Å². The lowest BCUT2D eigenvalue weighted by atomic mass is 10.2. The summed E-state index contributed by atoms with van der Waals surface area (Å²) in [5.74, 6) is -0.503.